The number of hydrogen-bond acceptors (Lipinski definition) is 4. The van der Waals surface area contributed by atoms with Gasteiger partial charge >= 0.3 is 5.97 Å². The lowest BCUT2D eigenvalue weighted by molar-refractivity contribution is -0.124. The van der Waals surface area contributed by atoms with Crippen LogP contribution in [0.25, 0.3) is 0 Å². The van der Waals surface area contributed by atoms with Crippen LogP contribution in [0.5, 0.6) is 5.75 Å². The third kappa shape index (κ3) is 2.79. The molecule has 0 aliphatic rings. The number of anilines is 1. The molecule has 0 saturated heterocycles. The molecule has 0 saturated carbocycles. The number of aromatic nitrogens is 1. The summed E-state index contributed by atoms with van der Waals surface area (Å²) in [7, 11) is 0. The first-order chi connectivity index (χ1) is 8.16. The lowest BCUT2D eigenvalue weighted by Crippen LogP contribution is -2.37. The first kappa shape index (κ1) is 11.5. The van der Waals surface area contributed by atoms with E-state index in [4.69, 9.17) is 15.9 Å². The highest BCUT2D eigenvalue weighted by atomic mass is 32.1. The van der Waals surface area contributed by atoms with Gasteiger partial charge in [0.1, 0.15) is 17.9 Å². The highest BCUT2D eigenvalue weighted by Crippen LogP contribution is 2.21. The summed E-state index contributed by atoms with van der Waals surface area (Å²) in [4.78, 5) is 4.08. The summed E-state index contributed by atoms with van der Waals surface area (Å²) >= 11 is 1.50. The van der Waals surface area contributed by atoms with E-state index in [0.717, 1.165) is 5.69 Å². The first-order valence-corrected chi connectivity index (χ1v) is 5.79. The van der Waals surface area contributed by atoms with Crippen LogP contribution in [0.2, 0.25) is 0 Å². The molecule has 2 rings (SSSR count). The van der Waals surface area contributed by atoms with Crippen LogP contribution in [-0.4, -0.2) is 10.9 Å². The minimum absolute atomic E-state index is 0.186. The molecule has 0 unspecified atom stereocenters. The van der Waals surface area contributed by atoms with Gasteiger partial charge in [-0.15, -0.1) is 15.7 Å². The molecule has 0 amide bonds. The Morgan fingerprint density at radius 3 is 2.94 bits per heavy atom. The number of hydrogen-bond donors (Lipinski definition) is 2. The second-order valence-corrected chi connectivity index (χ2v) is 4.08. The molecule has 0 fully saturated rings. The number of nitrogen functional groups attached to an aromatic ring is 1. The van der Waals surface area contributed by atoms with Crippen LogP contribution in [0.1, 0.15) is 11.3 Å². The lowest BCUT2D eigenvalue weighted by Gasteiger charge is -2.06. The largest absolute Gasteiger partial charge is 0.487 e. The summed E-state index contributed by atoms with van der Waals surface area (Å²) < 4.78 is 18.3. The minimum Gasteiger partial charge on any atom is -0.487 e. The molecular weight excluding hydrogens is 241 g/mol. The van der Waals surface area contributed by atoms with E-state index in [1.54, 1.807) is 11.6 Å². The predicted molar refractivity (Wildman–Crippen MR) is 64.4 cm³/mol. The van der Waals surface area contributed by atoms with Crippen molar-refractivity contribution in [1.82, 2.24) is 4.98 Å². The molecule has 0 atom stereocenters. The molecule has 1 heterocycles. The molecule has 6 heteroatoms. The summed E-state index contributed by atoms with van der Waals surface area (Å²) in [6, 6.07) is 4.64. The topological polar surface area (TPSA) is 73.7 Å². The molecule has 4 N–H and O–H groups in total. The monoisotopic (exact) mass is 252 g/mol. The highest BCUT2D eigenvalue weighted by molar-refractivity contribution is 7.07. The average molecular weight is 252 g/mol. The van der Waals surface area contributed by atoms with E-state index >= 15 is 0 Å². The van der Waals surface area contributed by atoms with E-state index in [2.05, 4.69) is 4.98 Å². The van der Waals surface area contributed by atoms with Crippen molar-refractivity contribution >= 4 is 23.0 Å². The smallest absolute Gasteiger partial charge is 0.360 e. The van der Waals surface area contributed by atoms with Gasteiger partial charge in [-0.3, -0.25) is 0 Å². The van der Waals surface area contributed by atoms with Crippen LogP contribution in [0, 0.1) is 0 Å². The van der Waals surface area contributed by atoms with Gasteiger partial charge in [0.15, 0.2) is 0 Å². The van der Waals surface area contributed by atoms with Crippen molar-refractivity contribution < 1.29 is 14.5 Å². The number of ether oxygens (including phenoxy) is 1. The highest BCUT2D eigenvalue weighted by Gasteiger charge is 2.10. The van der Waals surface area contributed by atoms with E-state index in [0.29, 0.717) is 12.4 Å². The molecule has 0 spiro atoms. The molecule has 0 radical (unpaired) electrons. The summed E-state index contributed by atoms with van der Waals surface area (Å²) in [6.45, 7) is 0.358. The molecule has 1 aromatic carbocycles. The Labute approximate surface area is 101 Å². The number of rotatable bonds is 4. The zero-order chi connectivity index (χ0) is 12.3. The van der Waals surface area contributed by atoms with Crippen molar-refractivity contribution in [2.75, 3.05) is 5.73 Å². The maximum absolute atomic E-state index is 12.8. The standard InChI is InChI=1S/C11H10FN3OS/c12-11(14)9-2-1-8(3-10(9)13)16-4-7-5-17-6-15-7/h1-3,5-6,14H,4,13H2/p+1. The van der Waals surface area contributed by atoms with Crippen molar-refractivity contribution in [1.29, 1.82) is 0 Å². The maximum Gasteiger partial charge on any atom is 0.360 e. The van der Waals surface area contributed by atoms with Crippen LogP contribution in [-0.2, 0) is 6.61 Å². The fourth-order valence-corrected chi connectivity index (χ4v) is 1.86. The zero-order valence-electron chi connectivity index (χ0n) is 8.89. The van der Waals surface area contributed by atoms with Gasteiger partial charge in [-0.25, -0.2) is 10.4 Å². The van der Waals surface area contributed by atoms with E-state index in [1.807, 2.05) is 5.38 Å². The van der Waals surface area contributed by atoms with Crippen molar-refractivity contribution in [3.05, 3.63) is 40.3 Å². The Kier molecular flexibility index (Phi) is 3.34. The zero-order valence-corrected chi connectivity index (χ0v) is 9.71. The van der Waals surface area contributed by atoms with E-state index in [9.17, 15) is 4.39 Å². The van der Waals surface area contributed by atoms with Crippen LogP contribution in [0.15, 0.2) is 29.1 Å². The summed E-state index contributed by atoms with van der Waals surface area (Å²) in [5.41, 5.74) is 8.65. The second-order valence-electron chi connectivity index (χ2n) is 3.37. The fourth-order valence-electron chi connectivity index (χ4n) is 1.31. The Morgan fingerprint density at radius 2 is 2.35 bits per heavy atom. The number of thiazole rings is 1. The van der Waals surface area contributed by atoms with Crippen molar-refractivity contribution in [3.63, 3.8) is 0 Å². The van der Waals surface area contributed by atoms with Crippen LogP contribution in [0.4, 0.5) is 10.1 Å². The Balaban J connectivity index is 2.07. The molecule has 4 nitrogen and oxygen atoms in total. The van der Waals surface area contributed by atoms with Gasteiger partial charge in [-0.2, -0.15) is 0 Å². The lowest BCUT2D eigenvalue weighted by atomic mass is 10.2. The van der Waals surface area contributed by atoms with Crippen LogP contribution >= 0.6 is 11.3 Å². The second kappa shape index (κ2) is 4.92. The molecule has 0 aliphatic heterocycles. The predicted octanol–water partition coefficient (Wildman–Crippen LogP) is 0.780. The number of halogens is 1. The number of benzene rings is 1. The molecular formula is C11H11FN3OS+. The number of nitrogens with two attached hydrogens (primary N) is 2. The fraction of sp³-hybridized carbons (Fsp3) is 0.0909. The van der Waals surface area contributed by atoms with Crippen molar-refractivity contribution in [3.8, 4) is 5.75 Å². The van der Waals surface area contributed by atoms with Crippen molar-refractivity contribution in [2.24, 2.45) is 0 Å². The van der Waals surface area contributed by atoms with Gasteiger partial charge < -0.3 is 10.5 Å². The molecule has 0 bridgehead atoms. The van der Waals surface area contributed by atoms with Gasteiger partial charge in [0.05, 0.1) is 16.9 Å². The van der Waals surface area contributed by atoms with Crippen molar-refractivity contribution in [2.45, 2.75) is 6.61 Å². The minimum atomic E-state index is -0.798. The van der Waals surface area contributed by atoms with Gasteiger partial charge in [0.2, 0.25) is 0 Å². The average Bonchev–Trinajstić information content (AvgIpc) is 2.78. The SMILES string of the molecule is Nc1cc(OCc2cscn2)ccc1C(=[NH2+])F. The van der Waals surface area contributed by atoms with Gasteiger partial charge in [0, 0.05) is 11.4 Å². The van der Waals surface area contributed by atoms with Gasteiger partial charge in [-0.1, -0.05) is 0 Å². The summed E-state index contributed by atoms with van der Waals surface area (Å²) in [6.07, 6.45) is 0. The Hall–Kier alpha value is -1.95. The van der Waals surface area contributed by atoms with Crippen LogP contribution in [0.3, 0.4) is 0 Å². The van der Waals surface area contributed by atoms with Gasteiger partial charge in [-0.05, 0) is 12.1 Å². The summed E-state index contributed by atoms with van der Waals surface area (Å²) in [5, 5.41) is 6.93. The number of nitrogens with zero attached hydrogens (tertiary/aromatic N) is 1. The van der Waals surface area contributed by atoms with E-state index in [1.165, 1.54) is 23.5 Å². The third-order valence-corrected chi connectivity index (χ3v) is 2.79. The van der Waals surface area contributed by atoms with E-state index < -0.39 is 5.97 Å². The normalized spacial score (nSPS) is 10.2. The molecule has 2 aromatic rings. The molecule has 0 aliphatic carbocycles. The Morgan fingerprint density at radius 1 is 1.53 bits per heavy atom. The maximum atomic E-state index is 12.8. The van der Waals surface area contributed by atoms with E-state index in [-0.39, 0.29) is 11.3 Å². The Bertz CT molecular complexity index is 528. The van der Waals surface area contributed by atoms with Gasteiger partial charge in [0.25, 0.3) is 0 Å². The molecule has 17 heavy (non-hydrogen) atoms. The molecule has 1 aromatic heterocycles. The molecule has 88 valence electrons. The van der Waals surface area contributed by atoms with Crippen LogP contribution < -0.4 is 15.9 Å². The summed E-state index contributed by atoms with van der Waals surface area (Å²) in [5.74, 6) is -0.242. The quantitative estimate of drug-likeness (QED) is 0.624. The first-order valence-electron chi connectivity index (χ1n) is 4.84. The third-order valence-electron chi connectivity index (χ3n) is 2.15.